The zero-order valence-corrected chi connectivity index (χ0v) is 13.0. The zero-order valence-electron chi connectivity index (χ0n) is 11.4. The Balaban J connectivity index is 2.70. The van der Waals surface area contributed by atoms with Gasteiger partial charge in [0, 0.05) is 0 Å². The fourth-order valence-corrected chi connectivity index (χ4v) is 2.24. The molecule has 106 valence electrons. The first-order valence-electron chi connectivity index (χ1n) is 6.09. The minimum atomic E-state index is -0.440. The highest BCUT2D eigenvalue weighted by Crippen LogP contribution is 2.35. The van der Waals surface area contributed by atoms with Gasteiger partial charge in [0.2, 0.25) is 0 Å². The van der Waals surface area contributed by atoms with E-state index < -0.39 is 4.92 Å². The molecule has 0 bridgehead atoms. The molecule has 0 atom stereocenters. The van der Waals surface area contributed by atoms with Gasteiger partial charge < -0.3 is 4.74 Å². The van der Waals surface area contributed by atoms with Crippen molar-refractivity contribution in [3.63, 3.8) is 0 Å². The number of rotatable bonds is 4. The molecule has 0 saturated heterocycles. The number of halogens is 1. The number of hydrogen-bond donors (Lipinski definition) is 0. The maximum Gasteiger partial charge on any atom is 0.336 e. The monoisotopic (exact) mass is 339 g/mol. The number of nitrogens with zero attached hydrogens (tertiary/aromatic N) is 3. The SMILES string of the molecule is CCOc1cccc(-n2nc(C)c(Br)c2C)c1[N+](=O)[O-]. The molecule has 0 unspecified atom stereocenters. The molecule has 20 heavy (non-hydrogen) atoms. The number of hydrogen-bond acceptors (Lipinski definition) is 4. The van der Waals surface area contributed by atoms with Gasteiger partial charge in [0.25, 0.3) is 0 Å². The molecule has 0 radical (unpaired) electrons. The molecule has 2 aromatic rings. The molecule has 0 spiro atoms. The fraction of sp³-hybridized carbons (Fsp3) is 0.308. The maximum atomic E-state index is 11.4. The van der Waals surface area contributed by atoms with Gasteiger partial charge in [0.1, 0.15) is 5.69 Å². The molecule has 6 nitrogen and oxygen atoms in total. The van der Waals surface area contributed by atoms with Gasteiger partial charge in [0.15, 0.2) is 5.75 Å². The first-order valence-corrected chi connectivity index (χ1v) is 6.89. The van der Waals surface area contributed by atoms with Crippen molar-refractivity contribution in [1.82, 2.24) is 9.78 Å². The minimum absolute atomic E-state index is 0.0764. The molecule has 0 aliphatic heterocycles. The first kappa shape index (κ1) is 14.5. The van der Waals surface area contributed by atoms with Crippen molar-refractivity contribution in [2.24, 2.45) is 0 Å². The lowest BCUT2D eigenvalue weighted by Crippen LogP contribution is -2.06. The summed E-state index contributed by atoms with van der Waals surface area (Å²) in [5, 5.41) is 15.7. The third-order valence-corrected chi connectivity index (χ3v) is 4.04. The van der Waals surface area contributed by atoms with Crippen LogP contribution in [0.4, 0.5) is 5.69 Å². The van der Waals surface area contributed by atoms with Crippen LogP contribution in [0.25, 0.3) is 5.69 Å². The summed E-state index contributed by atoms with van der Waals surface area (Å²) in [6.45, 7) is 5.84. The number of benzene rings is 1. The third-order valence-electron chi connectivity index (χ3n) is 2.89. The van der Waals surface area contributed by atoms with Crippen LogP contribution in [0, 0.1) is 24.0 Å². The summed E-state index contributed by atoms with van der Waals surface area (Å²) < 4.78 is 7.74. The molecule has 1 aromatic carbocycles. The lowest BCUT2D eigenvalue weighted by Gasteiger charge is -2.09. The number of ether oxygens (including phenoxy) is 1. The molecule has 0 fully saturated rings. The van der Waals surface area contributed by atoms with Gasteiger partial charge in [-0.3, -0.25) is 10.1 Å². The predicted molar refractivity (Wildman–Crippen MR) is 78.6 cm³/mol. The van der Waals surface area contributed by atoms with E-state index in [1.165, 1.54) is 0 Å². The Morgan fingerprint density at radius 3 is 2.65 bits per heavy atom. The summed E-state index contributed by atoms with van der Waals surface area (Å²) in [5.74, 6) is 0.249. The summed E-state index contributed by atoms with van der Waals surface area (Å²) in [4.78, 5) is 10.9. The Morgan fingerprint density at radius 1 is 1.45 bits per heavy atom. The number of aryl methyl sites for hydroxylation is 1. The van der Waals surface area contributed by atoms with Crippen LogP contribution in [0.1, 0.15) is 18.3 Å². The summed E-state index contributed by atoms with van der Waals surface area (Å²) in [5.41, 5.74) is 1.90. The van der Waals surface area contributed by atoms with E-state index in [9.17, 15) is 10.1 Å². The highest BCUT2D eigenvalue weighted by Gasteiger charge is 2.24. The van der Waals surface area contributed by atoms with Gasteiger partial charge in [0.05, 0.1) is 27.4 Å². The minimum Gasteiger partial charge on any atom is -0.487 e. The topological polar surface area (TPSA) is 70.2 Å². The van der Waals surface area contributed by atoms with E-state index >= 15 is 0 Å². The van der Waals surface area contributed by atoms with E-state index in [-0.39, 0.29) is 11.4 Å². The molecule has 0 amide bonds. The third kappa shape index (κ3) is 2.40. The van der Waals surface area contributed by atoms with Crippen LogP contribution >= 0.6 is 15.9 Å². The average molecular weight is 340 g/mol. The normalized spacial score (nSPS) is 10.6. The second kappa shape index (κ2) is 5.62. The van der Waals surface area contributed by atoms with E-state index in [1.54, 1.807) is 29.8 Å². The Kier molecular flexibility index (Phi) is 4.08. The van der Waals surface area contributed by atoms with Crippen molar-refractivity contribution in [2.45, 2.75) is 20.8 Å². The van der Waals surface area contributed by atoms with Crippen molar-refractivity contribution in [1.29, 1.82) is 0 Å². The molecule has 0 aliphatic carbocycles. The summed E-state index contributed by atoms with van der Waals surface area (Å²) >= 11 is 3.42. The maximum absolute atomic E-state index is 11.4. The van der Waals surface area contributed by atoms with Crippen LogP contribution in [0.15, 0.2) is 22.7 Å². The van der Waals surface area contributed by atoms with Crippen molar-refractivity contribution in [3.05, 3.63) is 44.2 Å². The van der Waals surface area contributed by atoms with Gasteiger partial charge in [-0.25, -0.2) is 4.68 Å². The second-order valence-corrected chi connectivity index (χ2v) is 5.00. The van der Waals surface area contributed by atoms with Gasteiger partial charge >= 0.3 is 5.69 Å². The number of nitro benzene ring substituents is 1. The zero-order chi connectivity index (χ0) is 14.9. The Labute approximate surface area is 124 Å². The van der Waals surface area contributed by atoms with Crippen molar-refractivity contribution in [2.75, 3.05) is 6.61 Å². The Morgan fingerprint density at radius 2 is 2.15 bits per heavy atom. The lowest BCUT2D eigenvalue weighted by molar-refractivity contribution is -0.385. The molecule has 0 saturated carbocycles. The second-order valence-electron chi connectivity index (χ2n) is 4.21. The van der Waals surface area contributed by atoms with Crippen LogP contribution in [-0.4, -0.2) is 21.3 Å². The molecule has 0 N–H and O–H groups in total. The quantitative estimate of drug-likeness (QED) is 0.630. The predicted octanol–water partition coefficient (Wildman–Crippen LogP) is 3.56. The summed E-state index contributed by atoms with van der Waals surface area (Å²) in [7, 11) is 0. The lowest BCUT2D eigenvalue weighted by atomic mass is 10.2. The largest absolute Gasteiger partial charge is 0.487 e. The first-order chi connectivity index (χ1) is 9.47. The molecule has 7 heteroatoms. The van der Waals surface area contributed by atoms with Crippen LogP contribution in [-0.2, 0) is 0 Å². The smallest absolute Gasteiger partial charge is 0.336 e. The molecule has 2 rings (SSSR count). The van der Waals surface area contributed by atoms with Crippen molar-refractivity contribution < 1.29 is 9.66 Å². The van der Waals surface area contributed by atoms with E-state index in [0.717, 1.165) is 15.9 Å². The molecular formula is C13H14BrN3O3. The molecular weight excluding hydrogens is 326 g/mol. The van der Waals surface area contributed by atoms with E-state index in [4.69, 9.17) is 4.74 Å². The van der Waals surface area contributed by atoms with Crippen LogP contribution in [0.2, 0.25) is 0 Å². The van der Waals surface area contributed by atoms with Crippen molar-refractivity contribution in [3.8, 4) is 11.4 Å². The Hall–Kier alpha value is -1.89. The van der Waals surface area contributed by atoms with Gasteiger partial charge in [-0.1, -0.05) is 6.07 Å². The van der Waals surface area contributed by atoms with Crippen LogP contribution < -0.4 is 4.74 Å². The molecule has 0 aliphatic rings. The number of aromatic nitrogens is 2. The van der Waals surface area contributed by atoms with Crippen molar-refractivity contribution >= 4 is 21.6 Å². The highest BCUT2D eigenvalue weighted by atomic mass is 79.9. The van der Waals surface area contributed by atoms with Crippen LogP contribution in [0.3, 0.4) is 0 Å². The number of para-hydroxylation sites is 1. The van der Waals surface area contributed by atoms with E-state index in [1.807, 2.05) is 13.8 Å². The standard InChI is InChI=1S/C13H14BrN3O3/c1-4-20-11-7-5-6-10(13(11)17(18)19)16-9(3)12(14)8(2)15-16/h5-7H,4H2,1-3H3. The average Bonchev–Trinajstić information content (AvgIpc) is 2.66. The summed E-state index contributed by atoms with van der Waals surface area (Å²) in [6.07, 6.45) is 0. The molecule has 1 heterocycles. The Bertz CT molecular complexity index is 667. The molecule has 1 aromatic heterocycles. The van der Waals surface area contributed by atoms with E-state index in [2.05, 4.69) is 21.0 Å². The van der Waals surface area contributed by atoms with Gasteiger partial charge in [-0.2, -0.15) is 5.10 Å². The van der Waals surface area contributed by atoms with Gasteiger partial charge in [-0.05, 0) is 48.8 Å². The highest BCUT2D eigenvalue weighted by molar-refractivity contribution is 9.10. The van der Waals surface area contributed by atoms with Gasteiger partial charge in [-0.15, -0.1) is 0 Å². The summed E-state index contributed by atoms with van der Waals surface area (Å²) in [6, 6.07) is 4.97. The fourth-order valence-electron chi connectivity index (χ4n) is 2.00. The van der Waals surface area contributed by atoms with Crippen LogP contribution in [0.5, 0.6) is 5.75 Å². The van der Waals surface area contributed by atoms with E-state index in [0.29, 0.717) is 12.3 Å². The number of nitro groups is 1.